The summed E-state index contributed by atoms with van der Waals surface area (Å²) in [6, 6.07) is 6.21. The zero-order valence-electron chi connectivity index (χ0n) is 16.9. The Morgan fingerprint density at radius 3 is 1.39 bits per heavy atom. The molecule has 5 nitrogen and oxygen atoms in total. The second kappa shape index (κ2) is 9.33. The lowest BCUT2D eigenvalue weighted by atomic mass is 9.92. The van der Waals surface area contributed by atoms with E-state index in [4.69, 9.17) is 15.8 Å². The molecule has 0 aromatic heterocycles. The van der Waals surface area contributed by atoms with Crippen molar-refractivity contribution in [3.05, 3.63) is 68.1 Å². The van der Waals surface area contributed by atoms with Crippen LogP contribution in [0.2, 0.25) is 0 Å². The van der Waals surface area contributed by atoms with Gasteiger partial charge >= 0.3 is 18.5 Å². The highest BCUT2D eigenvalue weighted by Gasteiger charge is 2.42. The first-order valence-corrected chi connectivity index (χ1v) is 8.88. The molecule has 180 valence electrons. The lowest BCUT2D eigenvalue weighted by Crippen LogP contribution is -2.28. The second-order valence-corrected chi connectivity index (χ2v) is 6.70. The summed E-state index contributed by atoms with van der Waals surface area (Å²) in [5.74, 6) is 0. The Kier molecular flexibility index (Phi) is 7.06. The molecule has 14 heteroatoms. The predicted octanol–water partition coefficient (Wildman–Crippen LogP) is 4.41. The van der Waals surface area contributed by atoms with Gasteiger partial charge in [0.05, 0.1) is 39.5 Å². The summed E-state index contributed by atoms with van der Waals surface area (Å²) < 4.78 is 122. The minimum absolute atomic E-state index is 0.0122. The van der Waals surface area contributed by atoms with Gasteiger partial charge < -0.3 is 0 Å². The standard InChI is InChI=1S/C22H4F9N5/c23-20(24,25)16-2-11(3-17(15(16)9-36)21(26,27)28)14(8-35)10-1-12(5-32)19(13(6-33)7-34)18(4-10)22(29,30)31/h1-4H/b14-10+. The van der Waals surface area contributed by atoms with Crippen LogP contribution in [0.3, 0.4) is 0 Å². The molecule has 0 aliphatic rings. The van der Waals surface area contributed by atoms with Gasteiger partial charge in [0.15, 0.2) is 0 Å². The van der Waals surface area contributed by atoms with Crippen molar-refractivity contribution in [2.45, 2.75) is 18.5 Å². The van der Waals surface area contributed by atoms with Gasteiger partial charge in [0, 0.05) is 5.22 Å². The fourth-order valence-corrected chi connectivity index (χ4v) is 3.15. The van der Waals surface area contributed by atoms with Crippen molar-refractivity contribution in [1.29, 1.82) is 26.3 Å². The first-order chi connectivity index (χ1) is 16.5. The van der Waals surface area contributed by atoms with Gasteiger partial charge in [-0.3, -0.25) is 0 Å². The molecule has 0 unspecified atom stereocenters. The summed E-state index contributed by atoms with van der Waals surface area (Å²) in [5, 5.41) is 43.5. The maximum Gasteiger partial charge on any atom is 0.417 e. The zero-order valence-corrected chi connectivity index (χ0v) is 16.9. The summed E-state index contributed by atoms with van der Waals surface area (Å²) in [7, 11) is 0. The SMILES string of the molecule is N#CC(C#N)=c1c(C#N)c/c(=C(/C#N)c2cc(C(F)(F)F)c(C#N)c(C(F)(F)F)c2)cc1C(F)(F)F. The van der Waals surface area contributed by atoms with E-state index in [1.54, 1.807) is 0 Å². The number of alkyl halides is 9. The average Bonchev–Trinajstić information content (AvgIpc) is 2.78. The van der Waals surface area contributed by atoms with Crippen LogP contribution in [0.5, 0.6) is 0 Å². The molecule has 0 fully saturated rings. The van der Waals surface area contributed by atoms with Gasteiger partial charge in [-0.1, -0.05) is 0 Å². The van der Waals surface area contributed by atoms with Crippen molar-refractivity contribution in [1.82, 2.24) is 0 Å². The summed E-state index contributed by atoms with van der Waals surface area (Å²) in [6.07, 6.45) is -16.4. The Labute approximate surface area is 194 Å². The largest absolute Gasteiger partial charge is 0.417 e. The monoisotopic (exact) mass is 509 g/mol. The number of hydrogen-bond acceptors (Lipinski definition) is 5. The molecule has 2 aromatic carbocycles. The number of nitriles is 5. The quantitative estimate of drug-likeness (QED) is 0.528. The van der Waals surface area contributed by atoms with Crippen molar-refractivity contribution >= 4 is 11.1 Å². The Morgan fingerprint density at radius 1 is 0.583 bits per heavy atom. The molecule has 2 aromatic rings. The fraction of sp³-hybridized carbons (Fsp3) is 0.136. The average molecular weight is 509 g/mol. The third-order valence-electron chi connectivity index (χ3n) is 4.59. The molecular weight excluding hydrogens is 505 g/mol. The fourth-order valence-electron chi connectivity index (χ4n) is 3.15. The molecule has 0 aliphatic heterocycles. The number of rotatable bonds is 1. The Bertz CT molecular complexity index is 1540. The third kappa shape index (κ3) is 5.06. The first-order valence-electron chi connectivity index (χ1n) is 8.88. The molecule has 0 saturated heterocycles. The van der Waals surface area contributed by atoms with Crippen LogP contribution in [-0.2, 0) is 18.5 Å². The molecule has 0 amide bonds. The number of hydrogen-bond donors (Lipinski definition) is 0. The highest BCUT2D eigenvalue weighted by molar-refractivity contribution is 5.80. The Balaban J connectivity index is 3.29. The molecule has 0 heterocycles. The minimum atomic E-state index is -5.52. The van der Waals surface area contributed by atoms with Gasteiger partial charge in [0.2, 0.25) is 0 Å². The topological polar surface area (TPSA) is 119 Å². The van der Waals surface area contributed by atoms with Crippen LogP contribution in [0.1, 0.15) is 33.4 Å². The van der Waals surface area contributed by atoms with Gasteiger partial charge in [-0.15, -0.1) is 0 Å². The first kappa shape index (κ1) is 27.2. The minimum Gasteiger partial charge on any atom is -0.192 e. The summed E-state index contributed by atoms with van der Waals surface area (Å²) in [4.78, 5) is 0. The molecule has 36 heavy (non-hydrogen) atoms. The van der Waals surface area contributed by atoms with Gasteiger partial charge in [-0.2, -0.15) is 65.8 Å². The van der Waals surface area contributed by atoms with Crippen molar-refractivity contribution in [2.75, 3.05) is 0 Å². The molecule has 0 bridgehead atoms. The van der Waals surface area contributed by atoms with E-state index in [0.717, 1.165) is 18.2 Å². The van der Waals surface area contributed by atoms with Crippen molar-refractivity contribution < 1.29 is 39.5 Å². The van der Waals surface area contributed by atoms with Gasteiger partial charge in [0.25, 0.3) is 0 Å². The molecule has 0 saturated carbocycles. The lowest BCUT2D eigenvalue weighted by Gasteiger charge is -2.17. The zero-order chi connectivity index (χ0) is 27.6. The van der Waals surface area contributed by atoms with Crippen LogP contribution < -0.4 is 10.4 Å². The highest BCUT2D eigenvalue weighted by Crippen LogP contribution is 2.41. The van der Waals surface area contributed by atoms with Crippen molar-refractivity contribution in [3.63, 3.8) is 0 Å². The summed E-state index contributed by atoms with van der Waals surface area (Å²) in [5.41, 5.74) is -12.2. The molecule has 0 radical (unpaired) electrons. The van der Waals surface area contributed by atoms with E-state index >= 15 is 0 Å². The number of nitrogens with zero attached hydrogens (tertiary/aromatic N) is 5. The lowest BCUT2D eigenvalue weighted by molar-refractivity contribution is -0.143. The normalized spacial score (nSPS) is 12.3. The van der Waals surface area contributed by atoms with Crippen LogP contribution >= 0.6 is 0 Å². The molecule has 0 spiro atoms. The molecule has 0 N–H and O–H groups in total. The van der Waals surface area contributed by atoms with E-state index in [1.807, 2.05) is 0 Å². The van der Waals surface area contributed by atoms with Gasteiger partial charge in [-0.25, -0.2) is 0 Å². The van der Waals surface area contributed by atoms with E-state index in [1.165, 1.54) is 12.1 Å². The Hall–Kier alpha value is -5.00. The number of benzene rings is 2. The number of halogens is 9. The van der Waals surface area contributed by atoms with E-state index in [2.05, 4.69) is 0 Å². The highest BCUT2D eigenvalue weighted by atomic mass is 19.4. The van der Waals surface area contributed by atoms with Crippen LogP contribution in [-0.4, -0.2) is 0 Å². The summed E-state index contributed by atoms with van der Waals surface area (Å²) in [6.45, 7) is 0. The van der Waals surface area contributed by atoms with Crippen LogP contribution in [0.4, 0.5) is 39.5 Å². The molecule has 0 atom stereocenters. The van der Waals surface area contributed by atoms with Gasteiger partial charge in [-0.05, 0) is 35.0 Å². The third-order valence-corrected chi connectivity index (χ3v) is 4.59. The summed E-state index contributed by atoms with van der Waals surface area (Å²) >= 11 is 0. The van der Waals surface area contributed by atoms with Crippen LogP contribution in [0.25, 0.3) is 11.1 Å². The van der Waals surface area contributed by atoms with Crippen molar-refractivity contribution in [3.8, 4) is 30.3 Å². The maximum atomic E-state index is 13.7. The Morgan fingerprint density at radius 2 is 1.06 bits per heavy atom. The van der Waals surface area contributed by atoms with Crippen LogP contribution in [0.15, 0.2) is 24.3 Å². The predicted molar refractivity (Wildman–Crippen MR) is 99.3 cm³/mol. The van der Waals surface area contributed by atoms with E-state index < -0.39 is 73.5 Å². The van der Waals surface area contributed by atoms with E-state index in [9.17, 15) is 50.0 Å². The second-order valence-electron chi connectivity index (χ2n) is 6.70. The molecule has 0 aliphatic carbocycles. The van der Waals surface area contributed by atoms with Crippen molar-refractivity contribution in [2.24, 2.45) is 0 Å². The van der Waals surface area contributed by atoms with E-state index in [-0.39, 0.29) is 18.2 Å². The van der Waals surface area contributed by atoms with Gasteiger partial charge in [0.1, 0.15) is 29.8 Å². The maximum absolute atomic E-state index is 13.7. The van der Waals surface area contributed by atoms with Crippen LogP contribution in [0, 0.1) is 56.7 Å². The molecular formula is C22H4F9N5. The smallest absolute Gasteiger partial charge is 0.192 e. The van der Waals surface area contributed by atoms with E-state index in [0.29, 0.717) is 6.07 Å². The molecule has 2 rings (SSSR count).